The van der Waals surface area contributed by atoms with Gasteiger partial charge in [0.15, 0.2) is 0 Å². The summed E-state index contributed by atoms with van der Waals surface area (Å²) in [5, 5.41) is 6.93. The zero-order valence-corrected chi connectivity index (χ0v) is 13.9. The second-order valence-electron chi connectivity index (χ2n) is 6.03. The zero-order valence-electron chi connectivity index (χ0n) is 13.9. The van der Waals surface area contributed by atoms with Gasteiger partial charge in [-0.05, 0) is 36.2 Å². The molecule has 1 N–H and O–H groups in total. The minimum Gasteiger partial charge on any atom is -0.378 e. The Labute approximate surface area is 135 Å². The van der Waals surface area contributed by atoms with Crippen molar-refractivity contribution < 1.29 is 4.79 Å². The molecule has 23 heavy (non-hydrogen) atoms. The van der Waals surface area contributed by atoms with Crippen molar-refractivity contribution in [3.8, 4) is 0 Å². The molecule has 0 bridgehead atoms. The smallest absolute Gasteiger partial charge is 0.276 e. The number of aromatic nitrogens is 2. The molecule has 2 rings (SSSR count). The number of rotatable bonds is 5. The van der Waals surface area contributed by atoms with Crippen molar-refractivity contribution in [2.75, 3.05) is 24.3 Å². The summed E-state index contributed by atoms with van der Waals surface area (Å²) in [6, 6.07) is 10.3. The highest BCUT2D eigenvalue weighted by atomic mass is 16.2. The molecular formula is C17H22N4O2. The quantitative estimate of drug-likeness (QED) is 0.919. The molecule has 0 aliphatic carbocycles. The Balaban J connectivity index is 2.15. The molecule has 0 saturated heterocycles. The number of carbonyl (C=O) groups is 1. The van der Waals surface area contributed by atoms with Crippen LogP contribution in [-0.4, -0.2) is 29.8 Å². The van der Waals surface area contributed by atoms with Gasteiger partial charge in [0.2, 0.25) is 0 Å². The van der Waals surface area contributed by atoms with Crippen LogP contribution in [0.3, 0.4) is 0 Å². The lowest BCUT2D eigenvalue weighted by Gasteiger charge is -2.13. The van der Waals surface area contributed by atoms with Crippen molar-refractivity contribution in [1.29, 1.82) is 0 Å². The third-order valence-electron chi connectivity index (χ3n) is 3.28. The summed E-state index contributed by atoms with van der Waals surface area (Å²) in [6.07, 6.45) is 0. The molecule has 1 heterocycles. The van der Waals surface area contributed by atoms with Gasteiger partial charge in [-0.2, -0.15) is 5.10 Å². The second-order valence-corrected chi connectivity index (χ2v) is 6.03. The Kier molecular flexibility index (Phi) is 5.16. The third-order valence-corrected chi connectivity index (χ3v) is 3.28. The molecule has 6 nitrogen and oxygen atoms in total. The summed E-state index contributed by atoms with van der Waals surface area (Å²) in [6.45, 7) is 4.47. The highest BCUT2D eigenvalue weighted by Gasteiger charge is 2.11. The fourth-order valence-electron chi connectivity index (χ4n) is 2.08. The summed E-state index contributed by atoms with van der Waals surface area (Å²) >= 11 is 0. The summed E-state index contributed by atoms with van der Waals surface area (Å²) in [5.41, 5.74) is 1.75. The number of nitrogens with zero attached hydrogens (tertiary/aromatic N) is 3. The SMILES string of the molecule is CC(C)Cn1nc(C(=O)Nc2ccc(N(C)C)cc2)ccc1=O. The van der Waals surface area contributed by atoms with E-state index in [1.807, 2.05) is 57.1 Å². The van der Waals surface area contributed by atoms with Crippen LogP contribution in [0.2, 0.25) is 0 Å². The first-order valence-electron chi connectivity index (χ1n) is 7.53. The van der Waals surface area contributed by atoms with Gasteiger partial charge >= 0.3 is 0 Å². The summed E-state index contributed by atoms with van der Waals surface area (Å²) in [7, 11) is 3.91. The molecule has 0 unspecified atom stereocenters. The lowest BCUT2D eigenvalue weighted by molar-refractivity contribution is 0.101. The maximum atomic E-state index is 12.3. The van der Waals surface area contributed by atoms with Gasteiger partial charge in [0.05, 0.1) is 0 Å². The first kappa shape index (κ1) is 16.7. The van der Waals surface area contributed by atoms with E-state index in [-0.39, 0.29) is 23.1 Å². The summed E-state index contributed by atoms with van der Waals surface area (Å²) in [5.74, 6) is -0.0581. The standard InChI is InChI=1S/C17H22N4O2/c1-12(2)11-21-16(22)10-9-15(19-21)17(23)18-13-5-7-14(8-6-13)20(3)4/h5-10,12H,11H2,1-4H3,(H,18,23). The molecule has 1 aromatic heterocycles. The van der Waals surface area contributed by atoms with Crippen LogP contribution in [-0.2, 0) is 6.54 Å². The predicted octanol–water partition coefficient (Wildman–Crippen LogP) is 2.22. The van der Waals surface area contributed by atoms with Crippen LogP contribution in [0.4, 0.5) is 11.4 Å². The van der Waals surface area contributed by atoms with Gasteiger partial charge in [-0.15, -0.1) is 0 Å². The van der Waals surface area contributed by atoms with Crippen molar-refractivity contribution >= 4 is 17.3 Å². The second kappa shape index (κ2) is 7.09. The van der Waals surface area contributed by atoms with Gasteiger partial charge in [-0.1, -0.05) is 13.8 Å². The van der Waals surface area contributed by atoms with E-state index in [1.165, 1.54) is 16.8 Å². The Hall–Kier alpha value is -2.63. The van der Waals surface area contributed by atoms with E-state index in [9.17, 15) is 9.59 Å². The number of benzene rings is 1. The van der Waals surface area contributed by atoms with Crippen LogP contribution >= 0.6 is 0 Å². The molecule has 0 radical (unpaired) electrons. The zero-order chi connectivity index (χ0) is 17.0. The predicted molar refractivity (Wildman–Crippen MR) is 92.1 cm³/mol. The van der Waals surface area contributed by atoms with Crippen LogP contribution in [0, 0.1) is 5.92 Å². The maximum absolute atomic E-state index is 12.3. The summed E-state index contributed by atoms with van der Waals surface area (Å²) in [4.78, 5) is 26.0. The van der Waals surface area contributed by atoms with Crippen molar-refractivity contribution in [3.05, 3.63) is 52.4 Å². The molecule has 1 amide bonds. The Morgan fingerprint density at radius 1 is 1.17 bits per heavy atom. The molecule has 0 aliphatic heterocycles. The molecular weight excluding hydrogens is 292 g/mol. The van der Waals surface area contributed by atoms with E-state index in [4.69, 9.17) is 0 Å². The summed E-state index contributed by atoms with van der Waals surface area (Å²) < 4.78 is 1.33. The van der Waals surface area contributed by atoms with E-state index in [0.717, 1.165) is 5.69 Å². The Morgan fingerprint density at radius 2 is 1.83 bits per heavy atom. The lowest BCUT2D eigenvalue weighted by atomic mass is 10.2. The molecule has 1 aromatic carbocycles. The van der Waals surface area contributed by atoms with Gasteiger partial charge in [0, 0.05) is 38.1 Å². The minimum absolute atomic E-state index is 0.203. The Morgan fingerprint density at radius 3 is 2.39 bits per heavy atom. The number of amides is 1. The van der Waals surface area contributed by atoms with E-state index in [0.29, 0.717) is 12.2 Å². The number of anilines is 2. The fraction of sp³-hybridized carbons (Fsp3) is 0.353. The van der Waals surface area contributed by atoms with Gasteiger partial charge in [-0.25, -0.2) is 4.68 Å². The molecule has 0 saturated carbocycles. The maximum Gasteiger partial charge on any atom is 0.276 e. The number of carbonyl (C=O) groups excluding carboxylic acids is 1. The average molecular weight is 314 g/mol. The number of nitrogens with one attached hydrogen (secondary N) is 1. The van der Waals surface area contributed by atoms with E-state index >= 15 is 0 Å². The molecule has 0 fully saturated rings. The van der Waals surface area contributed by atoms with Crippen LogP contribution in [0.15, 0.2) is 41.2 Å². The van der Waals surface area contributed by atoms with Crippen molar-refractivity contribution in [2.45, 2.75) is 20.4 Å². The highest BCUT2D eigenvalue weighted by Crippen LogP contribution is 2.16. The highest BCUT2D eigenvalue weighted by molar-refractivity contribution is 6.02. The molecule has 0 aliphatic rings. The van der Waals surface area contributed by atoms with E-state index < -0.39 is 0 Å². The Bertz CT molecular complexity index is 733. The molecule has 6 heteroatoms. The topological polar surface area (TPSA) is 67.2 Å². The van der Waals surface area contributed by atoms with Crippen LogP contribution < -0.4 is 15.8 Å². The first-order valence-corrected chi connectivity index (χ1v) is 7.53. The van der Waals surface area contributed by atoms with E-state index in [1.54, 1.807) is 0 Å². The van der Waals surface area contributed by atoms with Gasteiger partial charge < -0.3 is 10.2 Å². The molecule has 0 spiro atoms. The van der Waals surface area contributed by atoms with Gasteiger partial charge in [-0.3, -0.25) is 9.59 Å². The molecule has 122 valence electrons. The lowest BCUT2D eigenvalue weighted by Crippen LogP contribution is -2.27. The van der Waals surface area contributed by atoms with Crippen LogP contribution in [0.5, 0.6) is 0 Å². The molecule has 0 atom stereocenters. The fourth-order valence-corrected chi connectivity index (χ4v) is 2.08. The van der Waals surface area contributed by atoms with Crippen LogP contribution in [0.25, 0.3) is 0 Å². The van der Waals surface area contributed by atoms with Gasteiger partial charge in [0.1, 0.15) is 5.69 Å². The monoisotopic (exact) mass is 314 g/mol. The number of hydrogen-bond acceptors (Lipinski definition) is 4. The third kappa shape index (κ3) is 4.42. The number of hydrogen-bond donors (Lipinski definition) is 1. The first-order chi connectivity index (χ1) is 10.9. The van der Waals surface area contributed by atoms with Crippen molar-refractivity contribution in [3.63, 3.8) is 0 Å². The van der Waals surface area contributed by atoms with Crippen molar-refractivity contribution in [1.82, 2.24) is 9.78 Å². The van der Waals surface area contributed by atoms with Gasteiger partial charge in [0.25, 0.3) is 11.5 Å². The van der Waals surface area contributed by atoms with Crippen molar-refractivity contribution in [2.24, 2.45) is 5.92 Å². The van der Waals surface area contributed by atoms with E-state index in [2.05, 4.69) is 10.4 Å². The molecule has 2 aromatic rings. The average Bonchev–Trinajstić information content (AvgIpc) is 2.49. The largest absolute Gasteiger partial charge is 0.378 e. The minimum atomic E-state index is -0.333. The normalized spacial score (nSPS) is 10.7. The van der Waals surface area contributed by atoms with Crippen LogP contribution in [0.1, 0.15) is 24.3 Å².